The molecule has 0 radical (unpaired) electrons. The van der Waals surface area contributed by atoms with Crippen LogP contribution >= 0.6 is 0 Å². The third kappa shape index (κ3) is 5.83. The van der Waals surface area contributed by atoms with E-state index in [1.807, 2.05) is 0 Å². The van der Waals surface area contributed by atoms with Gasteiger partial charge in [-0.05, 0) is 50.6 Å². The Morgan fingerprint density at radius 3 is 2.81 bits per heavy atom. The molecule has 16 heavy (non-hydrogen) atoms. The van der Waals surface area contributed by atoms with Crippen molar-refractivity contribution in [1.82, 2.24) is 5.32 Å². The molecule has 1 saturated heterocycles. The summed E-state index contributed by atoms with van der Waals surface area (Å²) < 4.78 is 5.56. The molecule has 1 aliphatic heterocycles. The highest BCUT2D eigenvalue weighted by Gasteiger charge is 2.17. The van der Waals surface area contributed by atoms with Crippen molar-refractivity contribution in [3.05, 3.63) is 0 Å². The maximum absolute atomic E-state index is 5.60. The molecule has 0 aliphatic carbocycles. The summed E-state index contributed by atoms with van der Waals surface area (Å²) in [5.74, 6) is 0. The van der Waals surface area contributed by atoms with Gasteiger partial charge in [-0.15, -0.1) is 0 Å². The summed E-state index contributed by atoms with van der Waals surface area (Å²) in [5.41, 5.74) is 6.00. The second-order valence-electron chi connectivity index (χ2n) is 5.65. The van der Waals surface area contributed by atoms with Crippen LogP contribution in [-0.4, -0.2) is 32.3 Å². The molecule has 1 atom stereocenters. The van der Waals surface area contributed by atoms with Gasteiger partial charge in [0.25, 0.3) is 0 Å². The van der Waals surface area contributed by atoms with E-state index < -0.39 is 0 Å². The Morgan fingerprint density at radius 2 is 2.19 bits per heavy atom. The van der Waals surface area contributed by atoms with Crippen molar-refractivity contribution in [3.63, 3.8) is 0 Å². The highest BCUT2D eigenvalue weighted by atomic mass is 16.5. The van der Waals surface area contributed by atoms with E-state index in [-0.39, 0.29) is 0 Å². The van der Waals surface area contributed by atoms with Crippen LogP contribution in [0.2, 0.25) is 0 Å². The van der Waals surface area contributed by atoms with Crippen LogP contribution in [0, 0.1) is 5.41 Å². The number of hydrogen-bond donors (Lipinski definition) is 2. The van der Waals surface area contributed by atoms with Crippen LogP contribution in [0.5, 0.6) is 0 Å². The Balaban J connectivity index is 1.94. The van der Waals surface area contributed by atoms with E-state index >= 15 is 0 Å². The van der Waals surface area contributed by atoms with Crippen LogP contribution in [0.3, 0.4) is 0 Å². The lowest BCUT2D eigenvalue weighted by molar-refractivity contribution is 0.110. The van der Waals surface area contributed by atoms with Gasteiger partial charge in [-0.2, -0.15) is 0 Å². The van der Waals surface area contributed by atoms with Crippen molar-refractivity contribution < 1.29 is 4.74 Å². The molecular weight excluding hydrogens is 200 g/mol. The van der Waals surface area contributed by atoms with E-state index in [1.54, 1.807) is 0 Å². The minimum atomic E-state index is 0.403. The first-order chi connectivity index (χ1) is 7.64. The Kier molecular flexibility index (Phi) is 6.32. The van der Waals surface area contributed by atoms with Gasteiger partial charge in [0, 0.05) is 13.2 Å². The second-order valence-corrected chi connectivity index (χ2v) is 5.65. The van der Waals surface area contributed by atoms with Crippen molar-refractivity contribution in [2.45, 2.75) is 52.1 Å². The molecule has 0 saturated carbocycles. The minimum absolute atomic E-state index is 0.403. The summed E-state index contributed by atoms with van der Waals surface area (Å²) in [6.45, 7) is 8.50. The van der Waals surface area contributed by atoms with Gasteiger partial charge in [0.1, 0.15) is 0 Å². The summed E-state index contributed by atoms with van der Waals surface area (Å²) in [5, 5.41) is 3.49. The molecule has 96 valence electrons. The van der Waals surface area contributed by atoms with Crippen LogP contribution < -0.4 is 11.1 Å². The first kappa shape index (κ1) is 13.9. The molecule has 0 bridgehead atoms. The fourth-order valence-electron chi connectivity index (χ4n) is 2.28. The number of ether oxygens (including phenoxy) is 1. The van der Waals surface area contributed by atoms with E-state index in [0.717, 1.165) is 32.7 Å². The maximum atomic E-state index is 5.60. The Hall–Kier alpha value is -0.120. The van der Waals surface area contributed by atoms with Gasteiger partial charge in [0.05, 0.1) is 6.10 Å². The first-order valence-electron chi connectivity index (χ1n) is 6.66. The number of rotatable bonds is 8. The average Bonchev–Trinajstić information content (AvgIpc) is 2.69. The monoisotopic (exact) mass is 228 g/mol. The normalized spacial score (nSPS) is 21.6. The maximum Gasteiger partial charge on any atom is 0.0700 e. The largest absolute Gasteiger partial charge is 0.377 e. The molecule has 3 heteroatoms. The molecule has 1 heterocycles. The van der Waals surface area contributed by atoms with Gasteiger partial charge in [-0.25, -0.2) is 0 Å². The number of hydrogen-bond acceptors (Lipinski definition) is 3. The average molecular weight is 228 g/mol. The fourth-order valence-corrected chi connectivity index (χ4v) is 2.28. The van der Waals surface area contributed by atoms with E-state index in [0.29, 0.717) is 11.5 Å². The highest BCUT2D eigenvalue weighted by Crippen LogP contribution is 2.25. The van der Waals surface area contributed by atoms with Crippen LogP contribution in [0.1, 0.15) is 46.0 Å². The molecular formula is C13H28N2O. The van der Waals surface area contributed by atoms with Crippen LogP contribution in [0.25, 0.3) is 0 Å². The van der Waals surface area contributed by atoms with Crippen molar-refractivity contribution >= 4 is 0 Å². The van der Waals surface area contributed by atoms with Crippen LogP contribution in [0.4, 0.5) is 0 Å². The molecule has 1 rings (SSSR count). The van der Waals surface area contributed by atoms with E-state index in [2.05, 4.69) is 19.2 Å². The standard InChI is InChI=1S/C13H28N2O/c1-13(2,7-8-14)6-4-9-15-11-12-5-3-10-16-12/h12,15H,3-11,14H2,1-2H3. The molecule has 0 aromatic rings. The van der Waals surface area contributed by atoms with Gasteiger partial charge in [-0.1, -0.05) is 13.8 Å². The lowest BCUT2D eigenvalue weighted by Gasteiger charge is -2.23. The van der Waals surface area contributed by atoms with Gasteiger partial charge < -0.3 is 15.8 Å². The Labute approximate surface area is 100 Å². The summed E-state index contributed by atoms with van der Waals surface area (Å²) in [7, 11) is 0. The van der Waals surface area contributed by atoms with Crippen molar-refractivity contribution in [2.24, 2.45) is 11.1 Å². The van der Waals surface area contributed by atoms with E-state index in [4.69, 9.17) is 10.5 Å². The summed E-state index contributed by atoms with van der Waals surface area (Å²) in [6.07, 6.45) is 6.54. The summed E-state index contributed by atoms with van der Waals surface area (Å²) >= 11 is 0. The van der Waals surface area contributed by atoms with Crippen LogP contribution in [0.15, 0.2) is 0 Å². The number of nitrogens with two attached hydrogens (primary N) is 1. The lowest BCUT2D eigenvalue weighted by Crippen LogP contribution is -2.28. The predicted octanol–water partition coefficient (Wildman–Crippen LogP) is 1.91. The summed E-state index contributed by atoms with van der Waals surface area (Å²) in [6, 6.07) is 0. The molecule has 3 nitrogen and oxygen atoms in total. The molecule has 0 spiro atoms. The van der Waals surface area contributed by atoms with Crippen LogP contribution in [-0.2, 0) is 4.74 Å². The minimum Gasteiger partial charge on any atom is -0.377 e. The van der Waals surface area contributed by atoms with Gasteiger partial charge in [0.15, 0.2) is 0 Å². The molecule has 1 aliphatic rings. The predicted molar refractivity (Wildman–Crippen MR) is 68.5 cm³/mol. The molecule has 1 unspecified atom stereocenters. The van der Waals surface area contributed by atoms with Gasteiger partial charge in [0.2, 0.25) is 0 Å². The molecule has 0 aromatic carbocycles. The zero-order valence-corrected chi connectivity index (χ0v) is 10.9. The Morgan fingerprint density at radius 1 is 1.38 bits per heavy atom. The molecule has 1 fully saturated rings. The third-order valence-corrected chi connectivity index (χ3v) is 3.42. The van der Waals surface area contributed by atoms with E-state index in [1.165, 1.54) is 25.7 Å². The van der Waals surface area contributed by atoms with Gasteiger partial charge in [-0.3, -0.25) is 0 Å². The Bertz CT molecular complexity index is 177. The quantitative estimate of drug-likeness (QED) is 0.624. The number of nitrogens with one attached hydrogen (secondary N) is 1. The smallest absolute Gasteiger partial charge is 0.0700 e. The fraction of sp³-hybridized carbons (Fsp3) is 1.00. The lowest BCUT2D eigenvalue weighted by atomic mass is 9.84. The molecule has 0 amide bonds. The second kappa shape index (κ2) is 7.25. The van der Waals surface area contributed by atoms with Crippen molar-refractivity contribution in [1.29, 1.82) is 0 Å². The molecule has 0 aromatic heterocycles. The zero-order valence-electron chi connectivity index (χ0n) is 10.9. The first-order valence-corrected chi connectivity index (χ1v) is 6.66. The van der Waals surface area contributed by atoms with Crippen molar-refractivity contribution in [2.75, 3.05) is 26.2 Å². The topological polar surface area (TPSA) is 47.3 Å². The summed E-state index contributed by atoms with van der Waals surface area (Å²) in [4.78, 5) is 0. The highest BCUT2D eigenvalue weighted by molar-refractivity contribution is 4.71. The third-order valence-electron chi connectivity index (χ3n) is 3.42. The van der Waals surface area contributed by atoms with E-state index in [9.17, 15) is 0 Å². The zero-order chi connectivity index (χ0) is 11.9. The molecule has 3 N–H and O–H groups in total. The van der Waals surface area contributed by atoms with Gasteiger partial charge >= 0.3 is 0 Å². The SMILES string of the molecule is CC(C)(CCN)CCCNCC1CCCO1. The van der Waals surface area contributed by atoms with Crippen molar-refractivity contribution in [3.8, 4) is 0 Å².